The Morgan fingerprint density at radius 2 is 2.28 bits per heavy atom. The van der Waals surface area contributed by atoms with Crippen LogP contribution in [-0.2, 0) is 4.79 Å². The predicted octanol–water partition coefficient (Wildman–Crippen LogP) is 2.33. The SMILES string of the molecule is CC(=O)N1CCC(Oc2ncc(-c3c[nH]c4cccnc34)nc2C)C1. The van der Waals surface area contributed by atoms with Crippen LogP contribution in [0.5, 0.6) is 5.88 Å². The fourth-order valence-corrected chi connectivity index (χ4v) is 3.13. The van der Waals surface area contributed by atoms with Crippen molar-refractivity contribution in [2.45, 2.75) is 26.4 Å². The Balaban J connectivity index is 1.56. The molecule has 3 aromatic rings. The lowest BCUT2D eigenvalue weighted by Gasteiger charge is -2.16. The third-order valence-electron chi connectivity index (χ3n) is 4.48. The van der Waals surface area contributed by atoms with E-state index in [-0.39, 0.29) is 12.0 Å². The summed E-state index contributed by atoms with van der Waals surface area (Å²) in [6, 6.07) is 3.87. The molecule has 7 heteroatoms. The van der Waals surface area contributed by atoms with Crippen LogP contribution >= 0.6 is 0 Å². The highest BCUT2D eigenvalue weighted by Crippen LogP contribution is 2.27. The minimum absolute atomic E-state index is 0.0301. The van der Waals surface area contributed by atoms with Crippen molar-refractivity contribution in [3.63, 3.8) is 0 Å². The summed E-state index contributed by atoms with van der Waals surface area (Å²) in [6.45, 7) is 4.79. The molecule has 1 amide bonds. The molecule has 1 saturated heterocycles. The highest BCUT2D eigenvalue weighted by Gasteiger charge is 2.26. The molecule has 1 N–H and O–H groups in total. The standard InChI is InChI=1S/C18H19N5O2/c1-11-18(25-13-5-7-23(10-13)12(2)24)21-9-16(22-11)14-8-20-15-4-3-6-19-17(14)15/h3-4,6,8-9,13,20H,5,7,10H2,1-2H3. The molecule has 1 aliphatic rings. The molecule has 4 rings (SSSR count). The molecule has 0 spiro atoms. The smallest absolute Gasteiger partial charge is 0.235 e. The number of rotatable bonds is 3. The zero-order valence-electron chi connectivity index (χ0n) is 14.2. The molecule has 0 radical (unpaired) electrons. The number of carbonyl (C=O) groups is 1. The van der Waals surface area contributed by atoms with E-state index in [4.69, 9.17) is 4.74 Å². The molecule has 0 aliphatic carbocycles. The Kier molecular flexibility index (Phi) is 3.83. The van der Waals surface area contributed by atoms with Crippen LogP contribution in [0, 0.1) is 6.92 Å². The highest BCUT2D eigenvalue weighted by atomic mass is 16.5. The lowest BCUT2D eigenvalue weighted by Crippen LogP contribution is -2.29. The quantitative estimate of drug-likeness (QED) is 0.793. The Morgan fingerprint density at radius 3 is 3.04 bits per heavy atom. The first kappa shape index (κ1) is 15.6. The van der Waals surface area contributed by atoms with Gasteiger partial charge in [0, 0.05) is 37.8 Å². The van der Waals surface area contributed by atoms with Crippen molar-refractivity contribution >= 4 is 16.9 Å². The van der Waals surface area contributed by atoms with Crippen molar-refractivity contribution < 1.29 is 9.53 Å². The molecule has 0 saturated carbocycles. The zero-order valence-corrected chi connectivity index (χ0v) is 14.2. The highest BCUT2D eigenvalue weighted by molar-refractivity contribution is 5.90. The summed E-state index contributed by atoms with van der Waals surface area (Å²) in [6.07, 6.45) is 6.14. The average molecular weight is 337 g/mol. The minimum Gasteiger partial charge on any atom is -0.471 e. The van der Waals surface area contributed by atoms with Crippen LogP contribution in [0.25, 0.3) is 22.3 Å². The normalized spacial score (nSPS) is 17.2. The van der Waals surface area contributed by atoms with E-state index < -0.39 is 0 Å². The van der Waals surface area contributed by atoms with Crippen molar-refractivity contribution in [1.29, 1.82) is 0 Å². The van der Waals surface area contributed by atoms with Gasteiger partial charge < -0.3 is 14.6 Å². The van der Waals surface area contributed by atoms with Crippen LogP contribution in [0.3, 0.4) is 0 Å². The molecule has 128 valence electrons. The van der Waals surface area contributed by atoms with Gasteiger partial charge in [-0.2, -0.15) is 0 Å². The lowest BCUT2D eigenvalue weighted by molar-refractivity contribution is -0.128. The largest absolute Gasteiger partial charge is 0.471 e. The lowest BCUT2D eigenvalue weighted by atomic mass is 10.2. The summed E-state index contributed by atoms with van der Waals surface area (Å²) < 4.78 is 5.96. The van der Waals surface area contributed by atoms with E-state index in [2.05, 4.69) is 19.9 Å². The number of H-pyrrole nitrogens is 1. The predicted molar refractivity (Wildman–Crippen MR) is 93.1 cm³/mol. The van der Waals surface area contributed by atoms with Crippen molar-refractivity contribution in [2.75, 3.05) is 13.1 Å². The first-order valence-corrected chi connectivity index (χ1v) is 8.30. The molecular formula is C18H19N5O2. The van der Waals surface area contributed by atoms with Crippen LogP contribution in [0.1, 0.15) is 19.0 Å². The number of pyridine rings is 1. The molecule has 1 aliphatic heterocycles. The molecule has 25 heavy (non-hydrogen) atoms. The maximum Gasteiger partial charge on any atom is 0.235 e. The Labute approximate surface area is 145 Å². The number of ether oxygens (including phenoxy) is 1. The molecule has 4 heterocycles. The summed E-state index contributed by atoms with van der Waals surface area (Å²) in [5.74, 6) is 0.600. The van der Waals surface area contributed by atoms with Gasteiger partial charge in [-0.05, 0) is 19.1 Å². The van der Waals surface area contributed by atoms with Gasteiger partial charge in [0.05, 0.1) is 29.5 Å². The van der Waals surface area contributed by atoms with Crippen LogP contribution in [0.4, 0.5) is 0 Å². The van der Waals surface area contributed by atoms with Crippen molar-refractivity contribution in [3.05, 3.63) is 36.4 Å². The van der Waals surface area contributed by atoms with E-state index in [0.717, 1.165) is 41.0 Å². The van der Waals surface area contributed by atoms with Gasteiger partial charge in [-0.3, -0.25) is 9.78 Å². The van der Waals surface area contributed by atoms with Crippen LogP contribution in [0.2, 0.25) is 0 Å². The minimum atomic E-state index is -0.0301. The van der Waals surface area contributed by atoms with Crippen molar-refractivity contribution in [2.24, 2.45) is 0 Å². The van der Waals surface area contributed by atoms with Crippen molar-refractivity contribution in [1.82, 2.24) is 24.8 Å². The summed E-state index contributed by atoms with van der Waals surface area (Å²) in [7, 11) is 0. The maximum absolute atomic E-state index is 11.4. The zero-order chi connectivity index (χ0) is 17.4. The number of hydrogen-bond acceptors (Lipinski definition) is 5. The number of aryl methyl sites for hydroxylation is 1. The van der Waals surface area contributed by atoms with Gasteiger partial charge in [-0.15, -0.1) is 0 Å². The Hall–Kier alpha value is -2.96. The Morgan fingerprint density at radius 1 is 1.40 bits per heavy atom. The molecule has 1 atom stereocenters. The number of nitrogens with zero attached hydrogens (tertiary/aromatic N) is 4. The maximum atomic E-state index is 11.4. The second-order valence-electron chi connectivity index (χ2n) is 6.24. The van der Waals surface area contributed by atoms with Crippen LogP contribution in [-0.4, -0.2) is 49.9 Å². The van der Waals surface area contributed by atoms with Gasteiger partial charge in [-0.25, -0.2) is 9.97 Å². The molecule has 1 fully saturated rings. The van der Waals surface area contributed by atoms with Gasteiger partial charge in [0.2, 0.25) is 11.8 Å². The first-order valence-electron chi connectivity index (χ1n) is 8.30. The summed E-state index contributed by atoms with van der Waals surface area (Å²) in [5.41, 5.74) is 4.24. The van der Waals surface area contributed by atoms with E-state index in [9.17, 15) is 4.79 Å². The molecule has 0 aromatic carbocycles. The van der Waals surface area contributed by atoms with Gasteiger partial charge in [0.15, 0.2) is 0 Å². The average Bonchev–Trinajstić information content (AvgIpc) is 3.24. The van der Waals surface area contributed by atoms with Crippen molar-refractivity contribution in [3.8, 4) is 17.1 Å². The number of amides is 1. The monoisotopic (exact) mass is 337 g/mol. The number of nitrogens with one attached hydrogen (secondary N) is 1. The number of aromatic amines is 1. The summed E-state index contributed by atoms with van der Waals surface area (Å²) >= 11 is 0. The number of carbonyl (C=O) groups excluding carboxylic acids is 1. The van der Waals surface area contributed by atoms with Gasteiger partial charge >= 0.3 is 0 Å². The van der Waals surface area contributed by atoms with Crippen LogP contribution in [0.15, 0.2) is 30.7 Å². The summed E-state index contributed by atoms with van der Waals surface area (Å²) in [4.78, 5) is 29.9. The van der Waals surface area contributed by atoms with Crippen LogP contribution < -0.4 is 4.74 Å². The van der Waals surface area contributed by atoms with Gasteiger partial charge in [-0.1, -0.05) is 0 Å². The summed E-state index contributed by atoms with van der Waals surface area (Å²) in [5, 5.41) is 0. The van der Waals surface area contributed by atoms with E-state index in [0.29, 0.717) is 12.4 Å². The second kappa shape index (κ2) is 6.16. The fourth-order valence-electron chi connectivity index (χ4n) is 3.13. The topological polar surface area (TPSA) is 84.0 Å². The van der Waals surface area contributed by atoms with E-state index in [1.165, 1.54) is 0 Å². The van der Waals surface area contributed by atoms with E-state index in [1.807, 2.05) is 25.3 Å². The Bertz CT molecular complexity index is 936. The van der Waals surface area contributed by atoms with Gasteiger partial charge in [0.1, 0.15) is 11.8 Å². The van der Waals surface area contributed by atoms with Gasteiger partial charge in [0.25, 0.3) is 0 Å². The van der Waals surface area contributed by atoms with E-state index >= 15 is 0 Å². The molecule has 1 unspecified atom stereocenters. The second-order valence-corrected chi connectivity index (χ2v) is 6.24. The number of likely N-dealkylation sites (tertiary alicyclic amines) is 1. The number of aromatic nitrogens is 4. The molecule has 3 aromatic heterocycles. The van der Waals surface area contributed by atoms with E-state index in [1.54, 1.807) is 24.2 Å². The third kappa shape index (κ3) is 2.93. The first-order chi connectivity index (χ1) is 12.1. The molecule has 0 bridgehead atoms. The fraction of sp³-hybridized carbons (Fsp3) is 0.333. The third-order valence-corrected chi connectivity index (χ3v) is 4.48. The number of hydrogen-bond donors (Lipinski definition) is 1. The number of fused-ring (bicyclic) bond motifs is 1. The molecular weight excluding hydrogens is 318 g/mol. The molecule has 7 nitrogen and oxygen atoms in total.